The van der Waals surface area contributed by atoms with Crippen LogP contribution >= 0.6 is 11.3 Å². The van der Waals surface area contributed by atoms with E-state index in [2.05, 4.69) is 50.5 Å². The lowest BCUT2D eigenvalue weighted by Crippen LogP contribution is -2.38. The normalized spacial score (nSPS) is 12.3. The lowest BCUT2D eigenvalue weighted by atomic mass is 9.91. The standard InChI is InChI=1S/C13H23NS/c1-5-11(6-2)14-10-13(3,4)12-8-7-9-15-12/h7-9,11,14H,5-6,10H2,1-4H3. The average Bonchev–Trinajstić information content (AvgIpc) is 2.72. The summed E-state index contributed by atoms with van der Waals surface area (Å²) >= 11 is 1.86. The Morgan fingerprint density at radius 1 is 1.33 bits per heavy atom. The van der Waals surface area contributed by atoms with Crippen LogP contribution in [0.3, 0.4) is 0 Å². The van der Waals surface area contributed by atoms with Gasteiger partial charge >= 0.3 is 0 Å². The van der Waals surface area contributed by atoms with Crippen molar-refractivity contribution in [1.29, 1.82) is 0 Å². The molecule has 0 aliphatic heterocycles. The Labute approximate surface area is 97.9 Å². The minimum Gasteiger partial charge on any atom is -0.313 e. The number of nitrogens with one attached hydrogen (secondary N) is 1. The molecule has 0 aromatic carbocycles. The van der Waals surface area contributed by atoms with E-state index in [4.69, 9.17) is 0 Å². The van der Waals surface area contributed by atoms with E-state index in [1.54, 1.807) is 0 Å². The lowest BCUT2D eigenvalue weighted by molar-refractivity contribution is 0.407. The predicted octanol–water partition coefficient (Wildman–Crippen LogP) is 3.80. The summed E-state index contributed by atoms with van der Waals surface area (Å²) in [5.41, 5.74) is 0.261. The van der Waals surface area contributed by atoms with E-state index in [9.17, 15) is 0 Å². The highest BCUT2D eigenvalue weighted by Crippen LogP contribution is 2.26. The van der Waals surface area contributed by atoms with Crippen LogP contribution in [0.5, 0.6) is 0 Å². The molecule has 0 aliphatic carbocycles. The van der Waals surface area contributed by atoms with Gasteiger partial charge in [-0.05, 0) is 24.3 Å². The Balaban J connectivity index is 2.50. The summed E-state index contributed by atoms with van der Waals surface area (Å²) in [7, 11) is 0. The van der Waals surface area contributed by atoms with Crippen molar-refractivity contribution in [2.24, 2.45) is 0 Å². The first kappa shape index (κ1) is 12.7. The Morgan fingerprint density at radius 2 is 2.00 bits per heavy atom. The smallest absolute Gasteiger partial charge is 0.0115 e. The van der Waals surface area contributed by atoms with Gasteiger partial charge in [0.25, 0.3) is 0 Å². The van der Waals surface area contributed by atoms with E-state index in [0.29, 0.717) is 6.04 Å². The van der Waals surface area contributed by atoms with Crippen LogP contribution in [0.2, 0.25) is 0 Å². The van der Waals surface area contributed by atoms with Crippen molar-refractivity contribution in [3.63, 3.8) is 0 Å². The summed E-state index contributed by atoms with van der Waals surface area (Å²) in [6.07, 6.45) is 2.44. The molecule has 15 heavy (non-hydrogen) atoms. The predicted molar refractivity (Wildman–Crippen MR) is 69.7 cm³/mol. The molecule has 0 radical (unpaired) electrons. The van der Waals surface area contributed by atoms with Gasteiger partial charge in [-0.15, -0.1) is 11.3 Å². The highest BCUT2D eigenvalue weighted by molar-refractivity contribution is 7.10. The molecule has 0 amide bonds. The SMILES string of the molecule is CCC(CC)NCC(C)(C)c1cccs1. The molecule has 0 saturated heterocycles. The van der Waals surface area contributed by atoms with Crippen molar-refractivity contribution in [1.82, 2.24) is 5.32 Å². The van der Waals surface area contributed by atoms with Crippen molar-refractivity contribution in [2.45, 2.75) is 52.0 Å². The molecular weight excluding hydrogens is 202 g/mol. The second-order valence-electron chi connectivity index (χ2n) is 4.76. The average molecular weight is 225 g/mol. The molecule has 0 bridgehead atoms. The topological polar surface area (TPSA) is 12.0 Å². The van der Waals surface area contributed by atoms with Crippen molar-refractivity contribution in [3.8, 4) is 0 Å². The lowest BCUT2D eigenvalue weighted by Gasteiger charge is -2.26. The summed E-state index contributed by atoms with van der Waals surface area (Å²) in [4.78, 5) is 1.47. The molecule has 0 fully saturated rings. The van der Waals surface area contributed by atoms with Crippen molar-refractivity contribution in [3.05, 3.63) is 22.4 Å². The highest BCUT2D eigenvalue weighted by atomic mass is 32.1. The van der Waals surface area contributed by atoms with Crippen LogP contribution in [0.4, 0.5) is 0 Å². The van der Waals surface area contributed by atoms with Crippen LogP contribution < -0.4 is 5.32 Å². The van der Waals surface area contributed by atoms with Crippen LogP contribution in [-0.2, 0) is 5.41 Å². The van der Waals surface area contributed by atoms with E-state index in [1.807, 2.05) is 11.3 Å². The molecular formula is C13H23NS. The first-order valence-electron chi connectivity index (χ1n) is 5.87. The van der Waals surface area contributed by atoms with E-state index >= 15 is 0 Å². The first-order valence-corrected chi connectivity index (χ1v) is 6.75. The number of thiophene rings is 1. The summed E-state index contributed by atoms with van der Waals surface area (Å²) < 4.78 is 0. The van der Waals surface area contributed by atoms with Crippen molar-refractivity contribution >= 4 is 11.3 Å². The van der Waals surface area contributed by atoms with E-state index in [1.165, 1.54) is 17.7 Å². The van der Waals surface area contributed by atoms with Gasteiger partial charge in [0.15, 0.2) is 0 Å². The van der Waals surface area contributed by atoms with Gasteiger partial charge in [-0.2, -0.15) is 0 Å². The largest absolute Gasteiger partial charge is 0.313 e. The minimum atomic E-state index is 0.261. The fraction of sp³-hybridized carbons (Fsp3) is 0.692. The molecule has 0 spiro atoms. The maximum atomic E-state index is 3.65. The van der Waals surface area contributed by atoms with Gasteiger partial charge in [-0.3, -0.25) is 0 Å². The Kier molecular flexibility index (Phi) is 4.81. The third-order valence-corrected chi connectivity index (χ3v) is 4.24. The maximum Gasteiger partial charge on any atom is 0.0115 e. The Bertz CT molecular complexity index is 260. The molecule has 0 unspecified atom stereocenters. The van der Waals surface area contributed by atoms with Crippen LogP contribution in [0.1, 0.15) is 45.4 Å². The van der Waals surface area contributed by atoms with Gasteiger partial charge < -0.3 is 5.32 Å². The van der Waals surface area contributed by atoms with Crippen LogP contribution in [0.15, 0.2) is 17.5 Å². The second-order valence-corrected chi connectivity index (χ2v) is 5.70. The summed E-state index contributed by atoms with van der Waals surface area (Å²) in [6, 6.07) is 5.04. The van der Waals surface area contributed by atoms with Crippen LogP contribution in [0.25, 0.3) is 0 Å². The number of rotatable bonds is 6. The fourth-order valence-corrected chi connectivity index (χ4v) is 2.58. The Hall–Kier alpha value is -0.340. The minimum absolute atomic E-state index is 0.261. The molecule has 86 valence electrons. The van der Waals surface area contributed by atoms with Gasteiger partial charge in [-0.25, -0.2) is 0 Å². The fourth-order valence-electron chi connectivity index (χ4n) is 1.73. The molecule has 0 aliphatic rings. The van der Waals surface area contributed by atoms with Crippen molar-refractivity contribution < 1.29 is 0 Å². The molecule has 1 rings (SSSR count). The monoisotopic (exact) mass is 225 g/mol. The molecule has 1 aromatic heterocycles. The molecule has 2 heteroatoms. The van der Waals surface area contributed by atoms with Gasteiger partial charge in [0.2, 0.25) is 0 Å². The third kappa shape index (κ3) is 3.62. The number of hydrogen-bond donors (Lipinski definition) is 1. The van der Waals surface area contributed by atoms with E-state index in [-0.39, 0.29) is 5.41 Å². The molecule has 1 aromatic rings. The summed E-state index contributed by atoms with van der Waals surface area (Å²) in [5.74, 6) is 0. The number of hydrogen-bond acceptors (Lipinski definition) is 2. The second kappa shape index (κ2) is 5.66. The van der Waals surface area contributed by atoms with Gasteiger partial charge in [0.05, 0.1) is 0 Å². The van der Waals surface area contributed by atoms with Gasteiger partial charge in [0, 0.05) is 22.9 Å². The van der Waals surface area contributed by atoms with Crippen LogP contribution in [-0.4, -0.2) is 12.6 Å². The maximum absolute atomic E-state index is 3.65. The zero-order valence-electron chi connectivity index (χ0n) is 10.3. The zero-order valence-corrected chi connectivity index (χ0v) is 11.2. The van der Waals surface area contributed by atoms with Crippen molar-refractivity contribution in [2.75, 3.05) is 6.54 Å². The quantitative estimate of drug-likeness (QED) is 0.776. The van der Waals surface area contributed by atoms with Gasteiger partial charge in [0.1, 0.15) is 0 Å². The summed E-state index contributed by atoms with van der Waals surface area (Å²) in [6.45, 7) is 10.2. The Morgan fingerprint density at radius 3 is 2.47 bits per heavy atom. The third-order valence-electron chi connectivity index (χ3n) is 3.01. The zero-order chi connectivity index (χ0) is 11.3. The molecule has 0 atom stereocenters. The molecule has 1 N–H and O–H groups in total. The van der Waals surface area contributed by atoms with E-state index in [0.717, 1.165) is 6.54 Å². The molecule has 0 saturated carbocycles. The molecule has 1 nitrogen and oxygen atoms in total. The highest BCUT2D eigenvalue weighted by Gasteiger charge is 2.22. The van der Waals surface area contributed by atoms with E-state index < -0.39 is 0 Å². The van der Waals surface area contributed by atoms with Crippen LogP contribution in [0, 0.1) is 0 Å². The van der Waals surface area contributed by atoms with Gasteiger partial charge in [-0.1, -0.05) is 33.8 Å². The molecule has 1 heterocycles. The first-order chi connectivity index (χ1) is 7.10. The summed E-state index contributed by atoms with van der Waals surface area (Å²) in [5, 5.41) is 5.82.